The number of benzene rings is 1. The SMILES string of the molecule is N#CC1(S(=O)(=O)c2ccc(Br)cc2)CC2(CCCC2)C1. The zero-order chi connectivity index (χ0) is 14.4. The van der Waals surface area contributed by atoms with Gasteiger partial charge in [0, 0.05) is 4.47 Å². The third kappa shape index (κ3) is 1.93. The molecule has 0 atom stereocenters. The van der Waals surface area contributed by atoms with Crippen molar-refractivity contribution in [3.63, 3.8) is 0 Å². The molecule has 0 N–H and O–H groups in total. The topological polar surface area (TPSA) is 57.9 Å². The highest BCUT2D eigenvalue weighted by molar-refractivity contribution is 9.10. The molecule has 0 radical (unpaired) electrons. The highest BCUT2D eigenvalue weighted by Crippen LogP contribution is 2.61. The minimum Gasteiger partial charge on any atom is -0.222 e. The van der Waals surface area contributed by atoms with Gasteiger partial charge in [-0.1, -0.05) is 28.8 Å². The lowest BCUT2D eigenvalue weighted by atomic mass is 9.61. The van der Waals surface area contributed by atoms with Crippen LogP contribution in [0.4, 0.5) is 0 Å². The Morgan fingerprint density at radius 3 is 2.15 bits per heavy atom. The average Bonchev–Trinajstić information content (AvgIpc) is 2.86. The quantitative estimate of drug-likeness (QED) is 0.811. The fourth-order valence-corrected chi connectivity index (χ4v) is 6.13. The molecule has 0 amide bonds. The zero-order valence-electron chi connectivity index (χ0n) is 11.1. The average molecular weight is 354 g/mol. The largest absolute Gasteiger partial charge is 0.222 e. The van der Waals surface area contributed by atoms with Gasteiger partial charge in [-0.25, -0.2) is 8.42 Å². The van der Waals surface area contributed by atoms with Crippen LogP contribution in [0.25, 0.3) is 0 Å². The summed E-state index contributed by atoms with van der Waals surface area (Å²) in [5.74, 6) is 0. The maximum absolute atomic E-state index is 12.8. The molecule has 1 aromatic rings. The standard InChI is InChI=1S/C15H16BrNO2S/c16-12-3-5-13(6-4-12)20(18,19)15(11-17)9-14(10-15)7-1-2-8-14/h3-6H,1-2,7-10H2. The van der Waals surface area contributed by atoms with E-state index in [1.54, 1.807) is 24.3 Å². The van der Waals surface area contributed by atoms with Crippen molar-refractivity contribution >= 4 is 25.8 Å². The summed E-state index contributed by atoms with van der Waals surface area (Å²) in [7, 11) is -3.58. The van der Waals surface area contributed by atoms with Gasteiger partial charge in [0.2, 0.25) is 0 Å². The van der Waals surface area contributed by atoms with Crippen LogP contribution in [0, 0.1) is 16.7 Å². The van der Waals surface area contributed by atoms with Gasteiger partial charge in [-0.15, -0.1) is 0 Å². The highest BCUT2D eigenvalue weighted by Gasteiger charge is 2.62. The first-order chi connectivity index (χ1) is 9.43. The molecule has 3 rings (SSSR count). The number of nitriles is 1. The normalized spacial score (nSPS) is 23.2. The van der Waals surface area contributed by atoms with Crippen molar-refractivity contribution in [3.8, 4) is 6.07 Å². The number of hydrogen-bond donors (Lipinski definition) is 0. The summed E-state index contributed by atoms with van der Waals surface area (Å²) in [5, 5.41) is 9.49. The lowest BCUT2D eigenvalue weighted by molar-refractivity contribution is 0.113. The van der Waals surface area contributed by atoms with Crippen LogP contribution in [0.15, 0.2) is 33.6 Å². The Labute approximate surface area is 128 Å². The lowest BCUT2D eigenvalue weighted by Crippen LogP contribution is -2.54. The maximum Gasteiger partial charge on any atom is 0.197 e. The Morgan fingerprint density at radius 2 is 1.65 bits per heavy atom. The van der Waals surface area contributed by atoms with Gasteiger partial charge >= 0.3 is 0 Å². The van der Waals surface area contributed by atoms with Gasteiger partial charge in [-0.05, 0) is 55.4 Å². The predicted octanol–water partition coefficient (Wildman–Crippen LogP) is 3.84. The second kappa shape index (κ2) is 4.57. The monoisotopic (exact) mass is 353 g/mol. The van der Waals surface area contributed by atoms with E-state index < -0.39 is 14.6 Å². The van der Waals surface area contributed by atoms with Crippen molar-refractivity contribution in [2.24, 2.45) is 5.41 Å². The summed E-state index contributed by atoms with van der Waals surface area (Å²) < 4.78 is 25.2. The minimum atomic E-state index is -3.58. The summed E-state index contributed by atoms with van der Waals surface area (Å²) in [6.45, 7) is 0. The zero-order valence-corrected chi connectivity index (χ0v) is 13.5. The van der Waals surface area contributed by atoms with Gasteiger partial charge < -0.3 is 0 Å². The molecular formula is C15H16BrNO2S. The first kappa shape index (κ1) is 14.1. The third-order valence-electron chi connectivity index (χ3n) is 4.83. The number of nitrogens with zero attached hydrogens (tertiary/aromatic N) is 1. The maximum atomic E-state index is 12.8. The summed E-state index contributed by atoms with van der Waals surface area (Å²) in [6.07, 6.45) is 5.50. The summed E-state index contributed by atoms with van der Waals surface area (Å²) in [5.41, 5.74) is 0.123. The molecule has 2 aliphatic carbocycles. The molecular weight excluding hydrogens is 338 g/mol. The second-order valence-electron chi connectivity index (χ2n) is 6.12. The molecule has 0 saturated heterocycles. The highest BCUT2D eigenvalue weighted by atomic mass is 79.9. The van der Waals surface area contributed by atoms with Crippen LogP contribution in [0.3, 0.4) is 0 Å². The van der Waals surface area contributed by atoms with E-state index in [9.17, 15) is 13.7 Å². The molecule has 1 spiro atoms. The van der Waals surface area contributed by atoms with E-state index in [0.29, 0.717) is 12.8 Å². The summed E-state index contributed by atoms with van der Waals surface area (Å²) in [6, 6.07) is 8.70. The van der Waals surface area contributed by atoms with Crippen molar-refractivity contribution in [1.29, 1.82) is 5.26 Å². The molecule has 2 fully saturated rings. The Bertz CT molecular complexity index is 659. The van der Waals surface area contributed by atoms with Crippen molar-refractivity contribution in [1.82, 2.24) is 0 Å². The van der Waals surface area contributed by atoms with Crippen LogP contribution >= 0.6 is 15.9 Å². The van der Waals surface area contributed by atoms with E-state index in [1.165, 1.54) is 12.8 Å². The second-order valence-corrected chi connectivity index (χ2v) is 9.30. The van der Waals surface area contributed by atoms with Gasteiger partial charge in [0.05, 0.1) is 11.0 Å². The van der Waals surface area contributed by atoms with Crippen molar-refractivity contribution in [3.05, 3.63) is 28.7 Å². The van der Waals surface area contributed by atoms with Crippen LogP contribution in [0.1, 0.15) is 38.5 Å². The Balaban J connectivity index is 1.94. The van der Waals surface area contributed by atoms with Gasteiger partial charge in [-0.3, -0.25) is 0 Å². The van der Waals surface area contributed by atoms with Crippen LogP contribution in [0.2, 0.25) is 0 Å². The summed E-state index contributed by atoms with van der Waals surface area (Å²) in [4.78, 5) is 0.259. The first-order valence-electron chi connectivity index (χ1n) is 6.85. The molecule has 0 unspecified atom stereocenters. The molecule has 3 nitrogen and oxygen atoms in total. The van der Waals surface area contributed by atoms with E-state index >= 15 is 0 Å². The molecule has 2 saturated carbocycles. The Hall–Kier alpha value is -0.860. The first-order valence-corrected chi connectivity index (χ1v) is 9.12. The Kier molecular flexibility index (Phi) is 3.22. The molecule has 0 aliphatic heterocycles. The number of halogens is 1. The van der Waals surface area contributed by atoms with Crippen LogP contribution in [0.5, 0.6) is 0 Å². The fraction of sp³-hybridized carbons (Fsp3) is 0.533. The number of hydrogen-bond acceptors (Lipinski definition) is 3. The predicted molar refractivity (Wildman–Crippen MR) is 79.8 cm³/mol. The molecule has 20 heavy (non-hydrogen) atoms. The fourth-order valence-electron chi connectivity index (χ4n) is 3.81. The Morgan fingerprint density at radius 1 is 1.10 bits per heavy atom. The van der Waals surface area contributed by atoms with Crippen LogP contribution in [-0.2, 0) is 9.84 Å². The molecule has 5 heteroatoms. The third-order valence-corrected chi connectivity index (χ3v) is 7.66. The van der Waals surface area contributed by atoms with Gasteiger partial charge in [0.25, 0.3) is 0 Å². The molecule has 0 heterocycles. The van der Waals surface area contributed by atoms with E-state index in [2.05, 4.69) is 22.0 Å². The number of sulfone groups is 1. The van der Waals surface area contributed by atoms with Crippen molar-refractivity contribution < 1.29 is 8.42 Å². The van der Waals surface area contributed by atoms with Crippen LogP contribution < -0.4 is 0 Å². The van der Waals surface area contributed by atoms with E-state index in [1.807, 2.05) is 0 Å². The van der Waals surface area contributed by atoms with E-state index in [0.717, 1.165) is 17.3 Å². The number of rotatable bonds is 2. The summed E-state index contributed by atoms with van der Waals surface area (Å²) >= 11 is 3.30. The lowest BCUT2D eigenvalue weighted by Gasteiger charge is -2.50. The smallest absolute Gasteiger partial charge is 0.197 e. The minimum absolute atomic E-state index is 0.123. The molecule has 1 aromatic carbocycles. The molecule has 106 valence electrons. The molecule has 2 aliphatic rings. The molecule has 0 bridgehead atoms. The van der Waals surface area contributed by atoms with E-state index in [4.69, 9.17) is 0 Å². The van der Waals surface area contributed by atoms with Gasteiger partial charge in [0.15, 0.2) is 14.6 Å². The van der Waals surface area contributed by atoms with Crippen LogP contribution in [-0.4, -0.2) is 13.2 Å². The van der Waals surface area contributed by atoms with Crippen molar-refractivity contribution in [2.45, 2.75) is 48.2 Å². The van der Waals surface area contributed by atoms with E-state index in [-0.39, 0.29) is 10.3 Å². The van der Waals surface area contributed by atoms with Gasteiger partial charge in [0.1, 0.15) is 0 Å². The van der Waals surface area contributed by atoms with Gasteiger partial charge in [-0.2, -0.15) is 5.26 Å². The van der Waals surface area contributed by atoms with Crippen molar-refractivity contribution in [2.75, 3.05) is 0 Å². The molecule has 0 aromatic heterocycles.